The molecule has 2 aromatic rings. The van der Waals surface area contributed by atoms with Crippen LogP contribution >= 0.6 is 11.3 Å². The molecule has 1 amide bonds. The maximum absolute atomic E-state index is 12.9. The summed E-state index contributed by atoms with van der Waals surface area (Å²) in [5, 5.41) is 7.81. The van der Waals surface area contributed by atoms with E-state index in [1.807, 2.05) is 18.2 Å². The molecule has 0 saturated carbocycles. The van der Waals surface area contributed by atoms with Crippen LogP contribution in [0.1, 0.15) is 66.9 Å². The summed E-state index contributed by atoms with van der Waals surface area (Å²) in [6.07, 6.45) is 6.49. The van der Waals surface area contributed by atoms with Crippen LogP contribution in [0.25, 0.3) is 6.08 Å². The van der Waals surface area contributed by atoms with Crippen LogP contribution in [0.2, 0.25) is 0 Å². The average molecular weight is 395 g/mol. The molecule has 1 aromatic carbocycles. The number of amides is 1. The van der Waals surface area contributed by atoms with Crippen LogP contribution < -0.4 is 10.6 Å². The number of anilines is 1. The lowest BCUT2D eigenvalue weighted by Crippen LogP contribution is -2.45. The first-order valence-electron chi connectivity index (χ1n) is 10.3. The zero-order valence-electron chi connectivity index (χ0n) is 17.3. The second-order valence-electron chi connectivity index (χ2n) is 8.84. The van der Waals surface area contributed by atoms with Gasteiger partial charge in [0.1, 0.15) is 11.2 Å². The van der Waals surface area contributed by atoms with E-state index in [2.05, 4.69) is 56.5 Å². The highest BCUT2D eigenvalue weighted by atomic mass is 32.1. The van der Waals surface area contributed by atoms with Gasteiger partial charge in [0, 0.05) is 4.88 Å². The Kier molecular flexibility index (Phi) is 5.09. The summed E-state index contributed by atoms with van der Waals surface area (Å²) in [7, 11) is 0. The van der Waals surface area contributed by atoms with Gasteiger partial charge in [0.25, 0.3) is 5.91 Å². The highest BCUT2D eigenvalue weighted by Gasteiger charge is 2.37. The molecule has 2 heterocycles. The van der Waals surface area contributed by atoms with Gasteiger partial charge >= 0.3 is 0 Å². The Bertz CT molecular complexity index is 910. The number of hydrogen-bond acceptors (Lipinski definition) is 3. The Morgan fingerprint density at radius 3 is 2.71 bits per heavy atom. The lowest BCUT2D eigenvalue weighted by Gasteiger charge is -2.36. The normalized spacial score (nSPS) is 22.1. The van der Waals surface area contributed by atoms with Gasteiger partial charge in [0.2, 0.25) is 0 Å². The van der Waals surface area contributed by atoms with E-state index in [-0.39, 0.29) is 12.1 Å². The number of nitrogens with one attached hydrogen (secondary N) is 2. The molecule has 1 aliphatic carbocycles. The first-order chi connectivity index (χ1) is 13.4. The lowest BCUT2D eigenvalue weighted by atomic mass is 9.69. The summed E-state index contributed by atoms with van der Waals surface area (Å²) in [5.74, 6) is 0.772. The van der Waals surface area contributed by atoms with Crippen molar-refractivity contribution in [2.75, 3.05) is 5.32 Å². The molecule has 1 aliphatic heterocycles. The van der Waals surface area contributed by atoms with E-state index >= 15 is 0 Å². The van der Waals surface area contributed by atoms with Crippen molar-refractivity contribution >= 4 is 28.3 Å². The number of hydrogen-bond donors (Lipinski definition) is 2. The number of fused-ring (bicyclic) bond motifs is 3. The quantitative estimate of drug-likeness (QED) is 0.680. The highest BCUT2D eigenvalue weighted by molar-refractivity contribution is 7.16. The summed E-state index contributed by atoms with van der Waals surface area (Å²) in [5.41, 5.74) is 4.81. The molecule has 0 radical (unpaired) electrons. The minimum absolute atomic E-state index is 0.0743. The van der Waals surface area contributed by atoms with Crippen LogP contribution in [0.15, 0.2) is 35.9 Å². The van der Waals surface area contributed by atoms with E-state index < -0.39 is 0 Å². The summed E-state index contributed by atoms with van der Waals surface area (Å²) < 4.78 is 0. The van der Waals surface area contributed by atoms with Crippen LogP contribution in [-0.2, 0) is 12.8 Å². The minimum atomic E-state index is -0.150. The molecule has 28 heavy (non-hydrogen) atoms. The fourth-order valence-electron chi connectivity index (χ4n) is 4.38. The zero-order valence-corrected chi connectivity index (χ0v) is 18.1. The fraction of sp³-hybridized carbons (Fsp3) is 0.458. The molecule has 0 bridgehead atoms. The molecule has 1 aromatic heterocycles. The number of rotatable bonds is 4. The second kappa shape index (κ2) is 7.40. The van der Waals surface area contributed by atoms with Gasteiger partial charge in [-0.05, 0) is 54.2 Å². The Morgan fingerprint density at radius 2 is 2.00 bits per heavy atom. The molecule has 0 fully saturated rings. The lowest BCUT2D eigenvalue weighted by molar-refractivity contribution is 0.0940. The number of thiophene rings is 1. The van der Waals surface area contributed by atoms with Crippen molar-refractivity contribution in [2.45, 2.75) is 59.5 Å². The third-order valence-electron chi connectivity index (χ3n) is 6.71. The fourth-order valence-corrected chi connectivity index (χ4v) is 5.73. The van der Waals surface area contributed by atoms with Crippen molar-refractivity contribution in [3.63, 3.8) is 0 Å². The molecule has 2 unspecified atom stereocenters. The van der Waals surface area contributed by atoms with Gasteiger partial charge in [-0.2, -0.15) is 0 Å². The van der Waals surface area contributed by atoms with Crippen LogP contribution in [-0.4, -0.2) is 12.1 Å². The van der Waals surface area contributed by atoms with Gasteiger partial charge in [-0.15, -0.1) is 11.3 Å². The molecule has 0 spiro atoms. The third-order valence-corrected chi connectivity index (χ3v) is 7.89. The number of carbonyl (C=O) groups excluding carboxylic acids is 1. The maximum atomic E-state index is 12.9. The molecule has 4 heteroatoms. The molecule has 4 rings (SSSR count). The van der Waals surface area contributed by atoms with E-state index in [9.17, 15) is 4.79 Å². The smallest absolute Gasteiger partial charge is 0.256 e. The largest absolute Gasteiger partial charge is 0.353 e. The molecule has 2 atom stereocenters. The summed E-state index contributed by atoms with van der Waals surface area (Å²) in [6.45, 7) is 9.13. The topological polar surface area (TPSA) is 41.1 Å². The summed E-state index contributed by atoms with van der Waals surface area (Å²) in [4.78, 5) is 14.4. The van der Waals surface area contributed by atoms with Gasteiger partial charge in [0.15, 0.2) is 0 Å². The SMILES string of the molecule is CCC(C)(C)C1CCc2c(sc3c2C(=O)NC(/C(C)=C/c2ccccc2)N3)C1. The molecule has 3 nitrogen and oxygen atoms in total. The molecular weight excluding hydrogens is 364 g/mol. The van der Waals surface area contributed by atoms with Crippen LogP contribution in [0.5, 0.6) is 0 Å². The van der Waals surface area contributed by atoms with E-state index in [0.29, 0.717) is 11.3 Å². The van der Waals surface area contributed by atoms with Crippen molar-refractivity contribution in [2.24, 2.45) is 11.3 Å². The summed E-state index contributed by atoms with van der Waals surface area (Å²) >= 11 is 1.80. The van der Waals surface area contributed by atoms with E-state index in [0.717, 1.165) is 34.5 Å². The van der Waals surface area contributed by atoms with Crippen LogP contribution in [0.4, 0.5) is 5.00 Å². The molecule has 2 aliphatic rings. The third kappa shape index (κ3) is 3.50. The van der Waals surface area contributed by atoms with E-state index in [1.165, 1.54) is 23.3 Å². The maximum Gasteiger partial charge on any atom is 0.256 e. The standard InChI is InChI=1S/C24H30N2OS/c1-5-24(3,4)17-11-12-18-19(14-17)28-23-20(18)22(27)25-21(26-23)15(2)13-16-9-7-6-8-10-16/h6-10,13,17,21,26H,5,11-12,14H2,1-4H3,(H,25,27)/b15-13+. The van der Waals surface area contributed by atoms with Crippen molar-refractivity contribution in [3.05, 3.63) is 57.5 Å². The zero-order chi connectivity index (χ0) is 19.9. The van der Waals surface area contributed by atoms with Crippen molar-refractivity contribution < 1.29 is 4.79 Å². The first kappa shape index (κ1) is 19.3. The Balaban J connectivity index is 1.59. The van der Waals surface area contributed by atoms with Gasteiger partial charge in [-0.3, -0.25) is 4.79 Å². The van der Waals surface area contributed by atoms with Gasteiger partial charge in [-0.1, -0.05) is 63.6 Å². The van der Waals surface area contributed by atoms with Crippen molar-refractivity contribution in [1.29, 1.82) is 0 Å². The predicted octanol–water partition coefficient (Wildman–Crippen LogP) is 5.87. The Morgan fingerprint density at radius 1 is 1.25 bits per heavy atom. The predicted molar refractivity (Wildman–Crippen MR) is 119 cm³/mol. The van der Waals surface area contributed by atoms with Crippen molar-refractivity contribution in [3.8, 4) is 0 Å². The minimum Gasteiger partial charge on any atom is -0.353 e. The molecule has 0 saturated heterocycles. The van der Waals surface area contributed by atoms with Gasteiger partial charge < -0.3 is 10.6 Å². The number of benzene rings is 1. The average Bonchev–Trinajstić information content (AvgIpc) is 3.06. The van der Waals surface area contributed by atoms with Crippen LogP contribution in [0.3, 0.4) is 0 Å². The second-order valence-corrected chi connectivity index (χ2v) is 9.94. The van der Waals surface area contributed by atoms with E-state index in [1.54, 1.807) is 11.3 Å². The Hall–Kier alpha value is -2.07. The summed E-state index contributed by atoms with van der Waals surface area (Å²) in [6, 6.07) is 10.2. The molecule has 2 N–H and O–H groups in total. The number of carbonyl (C=O) groups is 1. The molecule has 148 valence electrons. The van der Waals surface area contributed by atoms with Gasteiger partial charge in [0.05, 0.1) is 5.56 Å². The molecular formula is C24H30N2OS. The van der Waals surface area contributed by atoms with E-state index in [4.69, 9.17) is 0 Å². The van der Waals surface area contributed by atoms with Crippen LogP contribution in [0, 0.1) is 11.3 Å². The highest BCUT2D eigenvalue weighted by Crippen LogP contribution is 2.46. The van der Waals surface area contributed by atoms with Gasteiger partial charge in [-0.25, -0.2) is 0 Å². The van der Waals surface area contributed by atoms with Crippen molar-refractivity contribution in [1.82, 2.24) is 5.32 Å². The first-order valence-corrected chi connectivity index (χ1v) is 11.2. The Labute approximate surface area is 172 Å². The monoisotopic (exact) mass is 394 g/mol.